The van der Waals surface area contributed by atoms with E-state index in [1.165, 1.54) is 6.07 Å². The molecule has 116 valence electrons. The lowest BCUT2D eigenvalue weighted by atomic mass is 9.97. The Morgan fingerprint density at radius 2 is 1.64 bits per heavy atom. The fourth-order valence-electron chi connectivity index (χ4n) is 2.12. The fourth-order valence-corrected chi connectivity index (χ4v) is 2.12. The summed E-state index contributed by atoms with van der Waals surface area (Å²) in [7, 11) is 0. The van der Waals surface area contributed by atoms with Crippen LogP contribution in [0.1, 0.15) is 19.4 Å². The molecule has 0 aromatic heterocycles. The topological polar surface area (TPSA) is 32.6 Å². The third kappa shape index (κ3) is 3.30. The van der Waals surface area contributed by atoms with E-state index in [1.54, 1.807) is 24.3 Å². The Bertz CT molecular complexity index is 694. The largest absolute Gasteiger partial charge is 0.411 e. The number of rotatable bonds is 4. The summed E-state index contributed by atoms with van der Waals surface area (Å²) in [5.41, 5.74) is 1.97. The predicted molar refractivity (Wildman–Crippen MR) is 79.5 cm³/mol. The van der Waals surface area contributed by atoms with E-state index in [1.807, 2.05) is 13.8 Å². The maximum absolute atomic E-state index is 13.8. The molecule has 0 aliphatic rings. The van der Waals surface area contributed by atoms with E-state index in [0.29, 0.717) is 17.7 Å². The Morgan fingerprint density at radius 1 is 1.00 bits per heavy atom. The number of halogens is 3. The van der Waals surface area contributed by atoms with E-state index >= 15 is 0 Å². The van der Waals surface area contributed by atoms with Crippen LogP contribution in [0, 0.1) is 23.4 Å². The van der Waals surface area contributed by atoms with Crippen molar-refractivity contribution in [2.75, 3.05) is 0 Å². The molecule has 0 aliphatic carbocycles. The van der Waals surface area contributed by atoms with Gasteiger partial charge in [-0.3, -0.25) is 0 Å². The molecule has 2 rings (SSSR count). The van der Waals surface area contributed by atoms with Crippen LogP contribution in [-0.2, 0) is 6.42 Å². The molecule has 0 radical (unpaired) electrons. The first-order valence-corrected chi connectivity index (χ1v) is 6.87. The number of nitrogens with zero attached hydrogens (tertiary/aromatic N) is 1. The van der Waals surface area contributed by atoms with Gasteiger partial charge in [0.25, 0.3) is 0 Å². The number of benzene rings is 2. The third-order valence-corrected chi connectivity index (χ3v) is 3.48. The maximum Gasteiger partial charge on any atom is 0.195 e. The highest BCUT2D eigenvalue weighted by atomic mass is 19.2. The molecule has 5 heteroatoms. The normalized spacial score (nSPS) is 12.0. The minimum atomic E-state index is -1.48. The van der Waals surface area contributed by atoms with Crippen LogP contribution in [0.25, 0.3) is 11.1 Å². The van der Waals surface area contributed by atoms with E-state index in [2.05, 4.69) is 5.16 Å². The molecule has 0 aliphatic heterocycles. The van der Waals surface area contributed by atoms with Gasteiger partial charge in [0.15, 0.2) is 17.5 Å². The molecule has 0 spiro atoms. The van der Waals surface area contributed by atoms with E-state index < -0.39 is 17.5 Å². The van der Waals surface area contributed by atoms with Gasteiger partial charge in [0.05, 0.1) is 5.71 Å². The van der Waals surface area contributed by atoms with Gasteiger partial charge in [-0.15, -0.1) is 0 Å². The van der Waals surface area contributed by atoms with Gasteiger partial charge in [0.2, 0.25) is 0 Å². The Labute approximate surface area is 126 Å². The molecule has 0 unspecified atom stereocenters. The number of oxime groups is 1. The van der Waals surface area contributed by atoms with Crippen LogP contribution in [0.3, 0.4) is 0 Å². The van der Waals surface area contributed by atoms with Gasteiger partial charge in [-0.25, -0.2) is 13.2 Å². The summed E-state index contributed by atoms with van der Waals surface area (Å²) in [6, 6.07) is 8.84. The smallest absolute Gasteiger partial charge is 0.195 e. The molecular weight excluding hydrogens is 291 g/mol. The summed E-state index contributed by atoms with van der Waals surface area (Å²) in [4.78, 5) is 0. The monoisotopic (exact) mass is 307 g/mol. The van der Waals surface area contributed by atoms with Gasteiger partial charge in [-0.2, -0.15) is 0 Å². The SMILES string of the molecule is CC(C)/C(Cc1ccc(-c2ccc(F)c(F)c2F)cc1)=N\O. The molecule has 0 saturated carbocycles. The minimum Gasteiger partial charge on any atom is -0.411 e. The van der Waals surface area contributed by atoms with Crippen molar-refractivity contribution < 1.29 is 18.4 Å². The molecule has 0 fully saturated rings. The van der Waals surface area contributed by atoms with Gasteiger partial charge in [0, 0.05) is 12.0 Å². The summed E-state index contributed by atoms with van der Waals surface area (Å²) < 4.78 is 40.0. The lowest BCUT2D eigenvalue weighted by molar-refractivity contribution is 0.314. The zero-order valence-corrected chi connectivity index (χ0v) is 12.3. The average Bonchev–Trinajstić information content (AvgIpc) is 2.51. The predicted octanol–water partition coefficient (Wildman–Crippen LogP) is 4.80. The molecule has 2 aromatic rings. The van der Waals surface area contributed by atoms with Gasteiger partial charge < -0.3 is 5.21 Å². The third-order valence-electron chi connectivity index (χ3n) is 3.48. The summed E-state index contributed by atoms with van der Waals surface area (Å²) in [6.45, 7) is 3.83. The molecule has 0 amide bonds. The molecule has 0 atom stereocenters. The van der Waals surface area contributed by atoms with Crippen LogP contribution in [-0.4, -0.2) is 10.9 Å². The molecular formula is C17H16F3NO. The molecule has 22 heavy (non-hydrogen) atoms. The van der Waals surface area contributed by atoms with Crippen LogP contribution < -0.4 is 0 Å². The minimum absolute atomic E-state index is 0.00496. The summed E-state index contributed by atoms with van der Waals surface area (Å²) in [5, 5.41) is 12.2. The number of hydrogen-bond donors (Lipinski definition) is 1. The van der Waals surface area contributed by atoms with Crippen molar-refractivity contribution in [2.45, 2.75) is 20.3 Å². The Hall–Kier alpha value is -2.30. The standard InChI is InChI=1S/C17H16F3NO/c1-10(2)15(21-22)9-11-3-5-12(6-4-11)13-7-8-14(18)17(20)16(13)19/h3-8,10,22H,9H2,1-2H3/b21-15-. The highest BCUT2D eigenvalue weighted by Gasteiger charge is 2.15. The molecule has 2 aromatic carbocycles. The molecule has 0 bridgehead atoms. The quantitative estimate of drug-likeness (QED) is 0.374. The van der Waals surface area contributed by atoms with Gasteiger partial charge in [0.1, 0.15) is 0 Å². The van der Waals surface area contributed by atoms with E-state index in [9.17, 15) is 13.2 Å². The molecule has 1 N–H and O–H groups in total. The second-order valence-electron chi connectivity index (χ2n) is 5.34. The van der Waals surface area contributed by atoms with Gasteiger partial charge >= 0.3 is 0 Å². The van der Waals surface area contributed by atoms with Gasteiger partial charge in [-0.1, -0.05) is 43.3 Å². The van der Waals surface area contributed by atoms with E-state index in [0.717, 1.165) is 11.6 Å². The van der Waals surface area contributed by atoms with Crippen LogP contribution in [0.15, 0.2) is 41.6 Å². The van der Waals surface area contributed by atoms with E-state index in [-0.39, 0.29) is 11.5 Å². The Balaban J connectivity index is 2.28. The van der Waals surface area contributed by atoms with Gasteiger partial charge in [-0.05, 0) is 29.2 Å². The van der Waals surface area contributed by atoms with Crippen LogP contribution >= 0.6 is 0 Å². The Morgan fingerprint density at radius 3 is 2.18 bits per heavy atom. The highest BCUT2D eigenvalue weighted by Crippen LogP contribution is 2.26. The van der Waals surface area contributed by atoms with Crippen LogP contribution in [0.5, 0.6) is 0 Å². The number of hydrogen-bond acceptors (Lipinski definition) is 2. The van der Waals surface area contributed by atoms with Crippen molar-refractivity contribution in [2.24, 2.45) is 11.1 Å². The molecule has 0 heterocycles. The summed E-state index contributed by atoms with van der Waals surface area (Å²) >= 11 is 0. The van der Waals surface area contributed by atoms with Crippen LogP contribution in [0.4, 0.5) is 13.2 Å². The first-order chi connectivity index (χ1) is 10.4. The van der Waals surface area contributed by atoms with Crippen LogP contribution in [0.2, 0.25) is 0 Å². The first-order valence-electron chi connectivity index (χ1n) is 6.87. The summed E-state index contributed by atoms with van der Waals surface area (Å²) in [5.74, 6) is -3.78. The van der Waals surface area contributed by atoms with E-state index in [4.69, 9.17) is 5.21 Å². The Kier molecular flexibility index (Phi) is 4.85. The second kappa shape index (κ2) is 6.64. The average molecular weight is 307 g/mol. The summed E-state index contributed by atoms with van der Waals surface area (Å²) in [6.07, 6.45) is 0.467. The van der Waals surface area contributed by atoms with Crippen molar-refractivity contribution in [3.8, 4) is 11.1 Å². The first kappa shape index (κ1) is 16.1. The van der Waals surface area contributed by atoms with Crippen molar-refractivity contribution in [1.82, 2.24) is 0 Å². The maximum atomic E-state index is 13.8. The second-order valence-corrected chi connectivity index (χ2v) is 5.34. The van der Waals surface area contributed by atoms with Crippen molar-refractivity contribution in [3.63, 3.8) is 0 Å². The van der Waals surface area contributed by atoms with Crippen molar-refractivity contribution >= 4 is 5.71 Å². The highest BCUT2D eigenvalue weighted by molar-refractivity contribution is 5.87. The zero-order chi connectivity index (χ0) is 16.3. The molecule has 2 nitrogen and oxygen atoms in total. The van der Waals surface area contributed by atoms with Crippen molar-refractivity contribution in [3.05, 3.63) is 59.4 Å². The van der Waals surface area contributed by atoms with Crippen molar-refractivity contribution in [1.29, 1.82) is 0 Å². The fraction of sp³-hybridized carbons (Fsp3) is 0.235. The lowest BCUT2D eigenvalue weighted by Crippen LogP contribution is -2.11. The zero-order valence-electron chi connectivity index (χ0n) is 12.3. The lowest BCUT2D eigenvalue weighted by Gasteiger charge is -2.09. The molecule has 0 saturated heterocycles.